The Bertz CT molecular complexity index is 1650. The quantitative estimate of drug-likeness (QED) is 0.469. The summed E-state index contributed by atoms with van der Waals surface area (Å²) in [6, 6.07) is 9.64. The Kier molecular flexibility index (Phi) is 8.26. The molecule has 1 spiro atoms. The number of imide groups is 1. The second-order valence-electron chi connectivity index (χ2n) is 14.2. The lowest BCUT2D eigenvalue weighted by Gasteiger charge is -2.41. The number of benzene rings is 2. The highest BCUT2D eigenvalue weighted by atomic mass is 19.1. The molecule has 1 unspecified atom stereocenters. The number of nitrogens with one attached hydrogen (secondary N) is 2. The molecule has 6 rings (SSSR count). The Morgan fingerprint density at radius 2 is 1.79 bits per heavy atom. The van der Waals surface area contributed by atoms with E-state index in [1.165, 1.54) is 12.1 Å². The van der Waals surface area contributed by atoms with E-state index in [4.69, 9.17) is 9.47 Å². The van der Waals surface area contributed by atoms with Crippen LogP contribution in [0.25, 0.3) is 0 Å². The molecule has 1 saturated carbocycles. The van der Waals surface area contributed by atoms with Crippen molar-refractivity contribution >= 4 is 35.6 Å². The Hall–Kier alpha value is -4.48. The smallest absolute Gasteiger partial charge is 0.418 e. The average Bonchev–Trinajstić information content (AvgIpc) is 3.10. The van der Waals surface area contributed by atoms with E-state index in [9.17, 15) is 28.4 Å². The fourth-order valence-corrected chi connectivity index (χ4v) is 7.08. The van der Waals surface area contributed by atoms with Crippen LogP contribution >= 0.6 is 0 Å². The molecule has 2 aromatic rings. The molecule has 2 heterocycles. The highest BCUT2D eigenvalue weighted by Gasteiger charge is 2.60. The minimum Gasteiger partial charge on any atom is -0.444 e. The van der Waals surface area contributed by atoms with Crippen LogP contribution < -0.4 is 10.6 Å². The van der Waals surface area contributed by atoms with Gasteiger partial charge in [0.25, 0.3) is 5.91 Å². The lowest BCUT2D eigenvalue weighted by Crippen LogP contribution is -2.61. The van der Waals surface area contributed by atoms with Crippen LogP contribution in [0.5, 0.6) is 0 Å². The van der Waals surface area contributed by atoms with Crippen LogP contribution in [0.2, 0.25) is 0 Å². The first kappa shape index (κ1) is 32.5. The zero-order valence-electron chi connectivity index (χ0n) is 27.2. The number of hydrogen-bond acceptors (Lipinski definition) is 7. The monoisotopic (exact) mass is 648 g/mol. The molecule has 0 bridgehead atoms. The van der Waals surface area contributed by atoms with Gasteiger partial charge in [-0.25, -0.2) is 18.9 Å². The lowest BCUT2D eigenvalue weighted by molar-refractivity contribution is -0.145. The summed E-state index contributed by atoms with van der Waals surface area (Å²) in [5.74, 6) is -2.02. The molecule has 0 aromatic heterocycles. The number of ether oxygens (including phenoxy) is 2. The van der Waals surface area contributed by atoms with Crippen LogP contribution in [-0.2, 0) is 48.8 Å². The molecular formula is C35H41FN4O7. The molecule has 250 valence electrons. The summed E-state index contributed by atoms with van der Waals surface area (Å²) in [7, 11) is 0. The number of rotatable bonds is 5. The minimum atomic E-state index is -1.59. The van der Waals surface area contributed by atoms with Crippen LogP contribution in [0.3, 0.4) is 0 Å². The Labute approximate surface area is 273 Å². The van der Waals surface area contributed by atoms with Gasteiger partial charge in [0, 0.05) is 30.3 Å². The molecule has 12 heteroatoms. The maximum absolute atomic E-state index is 14.1. The van der Waals surface area contributed by atoms with Crippen molar-refractivity contribution in [3.05, 3.63) is 64.5 Å². The van der Waals surface area contributed by atoms with E-state index in [1.54, 1.807) is 49.9 Å². The van der Waals surface area contributed by atoms with E-state index in [1.807, 2.05) is 6.92 Å². The van der Waals surface area contributed by atoms with Crippen molar-refractivity contribution in [2.45, 2.75) is 95.9 Å². The van der Waals surface area contributed by atoms with Crippen LogP contribution in [0.1, 0.15) is 82.1 Å². The highest BCUT2D eigenvalue weighted by Crippen LogP contribution is 2.48. The van der Waals surface area contributed by atoms with Crippen LogP contribution in [-0.4, -0.2) is 63.9 Å². The standard InChI is InChI=1S/C35H41FN4O7/c1-21-8-9-23-18-26(37-29(42)34(14-6-15-34)38-31(44)46-33(2,3)4)12-13-27(23)35(21)30(43)40(32(45)47-35)20-28(41)39-16-5-7-22-17-25(36)11-10-24(22)19-39/h10-13,17-18,21H,5-9,14-16,19-20H2,1-4H3,(H,37,42)(H,38,44)/t21?,35-/m0/s1. The third-order valence-corrected chi connectivity index (χ3v) is 9.77. The number of aryl methyl sites for hydroxylation is 2. The summed E-state index contributed by atoms with van der Waals surface area (Å²) in [6.07, 6.45) is 2.58. The predicted octanol–water partition coefficient (Wildman–Crippen LogP) is 4.94. The van der Waals surface area contributed by atoms with Crippen molar-refractivity contribution in [2.24, 2.45) is 5.92 Å². The molecule has 2 N–H and O–H groups in total. The van der Waals surface area contributed by atoms with Gasteiger partial charge in [-0.1, -0.05) is 19.1 Å². The summed E-state index contributed by atoms with van der Waals surface area (Å²) >= 11 is 0. The number of hydrogen-bond donors (Lipinski definition) is 2. The second-order valence-corrected chi connectivity index (χ2v) is 14.2. The minimum absolute atomic E-state index is 0.263. The first-order valence-corrected chi connectivity index (χ1v) is 16.3. The van der Waals surface area contributed by atoms with E-state index < -0.39 is 47.3 Å². The first-order chi connectivity index (χ1) is 22.2. The van der Waals surface area contributed by atoms with Crippen molar-refractivity contribution in [1.29, 1.82) is 0 Å². The molecule has 2 fully saturated rings. The topological polar surface area (TPSA) is 134 Å². The zero-order valence-corrected chi connectivity index (χ0v) is 27.2. The van der Waals surface area contributed by atoms with Crippen LogP contribution in [0.4, 0.5) is 19.7 Å². The van der Waals surface area contributed by atoms with Crippen molar-refractivity contribution in [2.75, 3.05) is 18.4 Å². The maximum Gasteiger partial charge on any atom is 0.418 e. The summed E-state index contributed by atoms with van der Waals surface area (Å²) < 4.78 is 25.0. The SMILES string of the molecule is CC1CCc2cc(NC(=O)C3(NC(=O)OC(C)(C)C)CCC3)ccc2[C@@]12OC(=O)N(CC(=O)N1CCCc3cc(F)ccc3C1)C2=O. The van der Waals surface area contributed by atoms with E-state index in [-0.39, 0.29) is 24.2 Å². The summed E-state index contributed by atoms with van der Waals surface area (Å²) in [5, 5.41) is 5.67. The van der Waals surface area contributed by atoms with Gasteiger partial charge in [0.05, 0.1) is 0 Å². The number of alkyl carbamates (subject to hydrolysis) is 1. The normalized spacial score (nSPS) is 23.2. The van der Waals surface area contributed by atoms with Crippen LogP contribution in [0, 0.1) is 11.7 Å². The van der Waals surface area contributed by atoms with E-state index in [0.717, 1.165) is 28.0 Å². The van der Waals surface area contributed by atoms with Crippen molar-refractivity contribution in [3.63, 3.8) is 0 Å². The molecule has 1 saturated heterocycles. The third-order valence-electron chi connectivity index (χ3n) is 9.77. The zero-order chi connectivity index (χ0) is 33.7. The van der Waals surface area contributed by atoms with Gasteiger partial charge < -0.3 is 25.0 Å². The van der Waals surface area contributed by atoms with E-state index >= 15 is 0 Å². The summed E-state index contributed by atoms with van der Waals surface area (Å²) in [5.41, 5.74) is 0.0656. The second kappa shape index (κ2) is 12.0. The average molecular weight is 649 g/mol. The van der Waals surface area contributed by atoms with Gasteiger partial charge in [-0.3, -0.25) is 14.4 Å². The van der Waals surface area contributed by atoms with E-state index in [0.29, 0.717) is 56.3 Å². The summed E-state index contributed by atoms with van der Waals surface area (Å²) in [6.45, 7) is 7.33. The number of halogens is 1. The molecule has 2 aliphatic carbocycles. The number of carbonyl (C=O) groups is 5. The van der Waals surface area contributed by atoms with Crippen LogP contribution in [0.15, 0.2) is 36.4 Å². The Morgan fingerprint density at radius 1 is 1.02 bits per heavy atom. The summed E-state index contributed by atoms with van der Waals surface area (Å²) in [4.78, 5) is 69.1. The highest BCUT2D eigenvalue weighted by molar-refractivity contribution is 6.06. The first-order valence-electron chi connectivity index (χ1n) is 16.3. The van der Waals surface area contributed by atoms with Gasteiger partial charge in [-0.05, 0) is 107 Å². The number of anilines is 1. The van der Waals surface area contributed by atoms with E-state index in [2.05, 4.69) is 10.6 Å². The molecule has 2 aliphatic heterocycles. The van der Waals surface area contributed by atoms with Gasteiger partial charge in [0.2, 0.25) is 17.4 Å². The van der Waals surface area contributed by atoms with Gasteiger partial charge >= 0.3 is 12.2 Å². The fraction of sp³-hybridized carbons (Fsp3) is 0.514. The van der Waals surface area contributed by atoms with Gasteiger partial charge in [-0.2, -0.15) is 0 Å². The molecular weight excluding hydrogens is 607 g/mol. The lowest BCUT2D eigenvalue weighted by atomic mass is 9.71. The number of fused-ring (bicyclic) bond motifs is 3. The third kappa shape index (κ3) is 6.05. The molecule has 4 aliphatic rings. The van der Waals surface area contributed by atoms with Crippen molar-refractivity contribution in [1.82, 2.24) is 15.1 Å². The van der Waals surface area contributed by atoms with Crippen molar-refractivity contribution < 1.29 is 37.8 Å². The molecule has 11 nitrogen and oxygen atoms in total. The maximum atomic E-state index is 14.1. The number of carbonyl (C=O) groups excluding carboxylic acids is 5. The fourth-order valence-electron chi connectivity index (χ4n) is 7.08. The molecule has 0 radical (unpaired) electrons. The molecule has 2 atom stereocenters. The Morgan fingerprint density at radius 3 is 2.49 bits per heavy atom. The number of amides is 5. The molecule has 47 heavy (non-hydrogen) atoms. The Balaban J connectivity index is 1.18. The van der Waals surface area contributed by atoms with Gasteiger partial charge in [0.15, 0.2) is 0 Å². The number of nitrogens with zero attached hydrogens (tertiary/aromatic N) is 2. The van der Waals surface area contributed by atoms with Gasteiger partial charge in [-0.15, -0.1) is 0 Å². The molecule has 5 amide bonds. The molecule has 2 aromatic carbocycles. The van der Waals surface area contributed by atoms with Crippen molar-refractivity contribution in [3.8, 4) is 0 Å². The van der Waals surface area contributed by atoms with Gasteiger partial charge in [0.1, 0.15) is 23.5 Å². The largest absolute Gasteiger partial charge is 0.444 e. The predicted molar refractivity (Wildman–Crippen MR) is 169 cm³/mol.